The second-order valence-electron chi connectivity index (χ2n) is 5.44. The van der Waals surface area contributed by atoms with Crippen LogP contribution in [0.2, 0.25) is 0 Å². The van der Waals surface area contributed by atoms with Crippen molar-refractivity contribution in [2.24, 2.45) is 17.6 Å². The van der Waals surface area contributed by atoms with E-state index >= 15 is 0 Å². The van der Waals surface area contributed by atoms with Crippen molar-refractivity contribution in [2.45, 2.75) is 44.6 Å². The predicted molar refractivity (Wildman–Crippen MR) is 66.5 cm³/mol. The maximum Gasteiger partial charge on any atom is 0.225 e. The molecule has 2 fully saturated rings. The molecule has 1 unspecified atom stereocenters. The van der Waals surface area contributed by atoms with Crippen molar-refractivity contribution in [3.8, 4) is 0 Å². The van der Waals surface area contributed by atoms with E-state index in [2.05, 4.69) is 5.32 Å². The van der Waals surface area contributed by atoms with E-state index in [-0.39, 0.29) is 11.8 Å². The van der Waals surface area contributed by atoms with Gasteiger partial charge in [-0.05, 0) is 44.4 Å². The normalized spacial score (nSPS) is 34.3. The Morgan fingerprint density at radius 2 is 2.00 bits per heavy atom. The minimum absolute atomic E-state index is 0.0783. The second-order valence-corrected chi connectivity index (χ2v) is 5.44. The second kappa shape index (κ2) is 6.36. The lowest BCUT2D eigenvalue weighted by molar-refractivity contribution is -0.129. The summed E-state index contributed by atoms with van der Waals surface area (Å²) in [7, 11) is 0. The Kier molecular flexibility index (Phi) is 4.80. The van der Waals surface area contributed by atoms with Crippen molar-refractivity contribution < 1.29 is 9.53 Å². The molecule has 1 saturated carbocycles. The van der Waals surface area contributed by atoms with Crippen LogP contribution in [0.25, 0.3) is 0 Å². The average Bonchev–Trinajstić information content (AvgIpc) is 2.39. The van der Waals surface area contributed by atoms with Gasteiger partial charge in [0.2, 0.25) is 5.91 Å². The summed E-state index contributed by atoms with van der Waals surface area (Å²) in [5.41, 5.74) is 5.87. The van der Waals surface area contributed by atoms with E-state index in [1.165, 1.54) is 0 Å². The zero-order chi connectivity index (χ0) is 12.1. The van der Waals surface area contributed by atoms with Crippen molar-refractivity contribution in [1.82, 2.24) is 5.32 Å². The number of carbonyl (C=O) groups is 1. The van der Waals surface area contributed by atoms with Crippen LogP contribution in [-0.4, -0.2) is 31.7 Å². The molecule has 1 saturated heterocycles. The molecule has 2 rings (SSSR count). The van der Waals surface area contributed by atoms with E-state index in [4.69, 9.17) is 10.5 Å². The Balaban J connectivity index is 1.65. The third-order valence-electron chi connectivity index (χ3n) is 3.99. The average molecular weight is 240 g/mol. The SMILES string of the molecule is NC1CCC(CNC(=O)C2CCCOC2)CC1. The maximum absolute atomic E-state index is 11.9. The van der Waals surface area contributed by atoms with Gasteiger partial charge in [0, 0.05) is 19.2 Å². The van der Waals surface area contributed by atoms with Crippen molar-refractivity contribution in [1.29, 1.82) is 0 Å². The summed E-state index contributed by atoms with van der Waals surface area (Å²) in [6.45, 7) is 2.23. The molecule has 1 aliphatic carbocycles. The number of nitrogens with two attached hydrogens (primary N) is 1. The number of amides is 1. The summed E-state index contributed by atoms with van der Waals surface area (Å²) in [6, 6.07) is 0.383. The van der Waals surface area contributed by atoms with Crippen LogP contribution in [0.15, 0.2) is 0 Å². The van der Waals surface area contributed by atoms with Gasteiger partial charge in [0.15, 0.2) is 0 Å². The highest BCUT2D eigenvalue weighted by molar-refractivity contribution is 5.78. The smallest absolute Gasteiger partial charge is 0.225 e. The Bertz CT molecular complexity index is 244. The molecule has 2 aliphatic rings. The number of ether oxygens (including phenoxy) is 1. The summed E-state index contributed by atoms with van der Waals surface area (Å²) in [6.07, 6.45) is 6.50. The highest BCUT2D eigenvalue weighted by atomic mass is 16.5. The molecule has 4 heteroatoms. The van der Waals surface area contributed by atoms with E-state index in [1.807, 2.05) is 0 Å². The Hall–Kier alpha value is -0.610. The van der Waals surface area contributed by atoms with Gasteiger partial charge in [0.1, 0.15) is 0 Å². The quantitative estimate of drug-likeness (QED) is 0.775. The third kappa shape index (κ3) is 3.96. The van der Waals surface area contributed by atoms with Crippen LogP contribution in [0, 0.1) is 11.8 Å². The van der Waals surface area contributed by atoms with E-state index in [0.29, 0.717) is 18.6 Å². The first-order valence-corrected chi connectivity index (χ1v) is 6.86. The van der Waals surface area contributed by atoms with E-state index in [9.17, 15) is 4.79 Å². The van der Waals surface area contributed by atoms with Crippen molar-refractivity contribution in [2.75, 3.05) is 19.8 Å². The fourth-order valence-corrected chi connectivity index (χ4v) is 2.73. The largest absolute Gasteiger partial charge is 0.381 e. The fourth-order valence-electron chi connectivity index (χ4n) is 2.73. The van der Waals surface area contributed by atoms with Crippen LogP contribution in [0.3, 0.4) is 0 Å². The summed E-state index contributed by atoms with van der Waals surface area (Å²) < 4.78 is 5.33. The zero-order valence-corrected chi connectivity index (χ0v) is 10.5. The number of carbonyl (C=O) groups excluding carboxylic acids is 1. The number of hydrogen-bond acceptors (Lipinski definition) is 3. The van der Waals surface area contributed by atoms with Crippen LogP contribution in [0.1, 0.15) is 38.5 Å². The lowest BCUT2D eigenvalue weighted by Crippen LogP contribution is -2.39. The molecule has 0 aromatic carbocycles. The highest BCUT2D eigenvalue weighted by Gasteiger charge is 2.23. The maximum atomic E-state index is 11.9. The molecule has 1 amide bonds. The molecule has 1 heterocycles. The standard InChI is InChI=1S/C13H24N2O2/c14-12-5-3-10(4-6-12)8-15-13(16)11-2-1-7-17-9-11/h10-12H,1-9,14H2,(H,15,16). The topological polar surface area (TPSA) is 64.3 Å². The van der Waals surface area contributed by atoms with Crippen molar-refractivity contribution >= 4 is 5.91 Å². The molecule has 3 N–H and O–H groups in total. The first-order chi connectivity index (χ1) is 8.25. The van der Waals surface area contributed by atoms with Gasteiger partial charge >= 0.3 is 0 Å². The third-order valence-corrected chi connectivity index (χ3v) is 3.99. The lowest BCUT2D eigenvalue weighted by atomic mass is 9.86. The molecule has 0 radical (unpaired) electrons. The molecular formula is C13H24N2O2. The molecule has 0 aromatic heterocycles. The minimum Gasteiger partial charge on any atom is -0.381 e. The van der Waals surface area contributed by atoms with Gasteiger partial charge < -0.3 is 15.8 Å². The lowest BCUT2D eigenvalue weighted by Gasteiger charge is -2.27. The molecule has 1 aliphatic heterocycles. The van der Waals surface area contributed by atoms with Gasteiger partial charge in [0.05, 0.1) is 12.5 Å². The molecular weight excluding hydrogens is 216 g/mol. The molecule has 1 atom stereocenters. The number of rotatable bonds is 3. The summed E-state index contributed by atoms with van der Waals surface area (Å²) in [4.78, 5) is 11.9. The first kappa shape index (κ1) is 12.8. The van der Waals surface area contributed by atoms with Gasteiger partial charge in [-0.3, -0.25) is 4.79 Å². The fraction of sp³-hybridized carbons (Fsp3) is 0.923. The summed E-state index contributed by atoms with van der Waals surface area (Å²) >= 11 is 0. The molecule has 4 nitrogen and oxygen atoms in total. The van der Waals surface area contributed by atoms with Crippen molar-refractivity contribution in [3.63, 3.8) is 0 Å². The van der Waals surface area contributed by atoms with Gasteiger partial charge in [-0.2, -0.15) is 0 Å². The van der Waals surface area contributed by atoms with Crippen LogP contribution in [0.5, 0.6) is 0 Å². The first-order valence-electron chi connectivity index (χ1n) is 6.86. The zero-order valence-electron chi connectivity index (χ0n) is 10.5. The van der Waals surface area contributed by atoms with Crippen LogP contribution < -0.4 is 11.1 Å². The molecule has 17 heavy (non-hydrogen) atoms. The molecule has 98 valence electrons. The van der Waals surface area contributed by atoms with E-state index in [0.717, 1.165) is 51.7 Å². The number of nitrogens with one attached hydrogen (secondary N) is 1. The highest BCUT2D eigenvalue weighted by Crippen LogP contribution is 2.22. The van der Waals surface area contributed by atoms with Gasteiger partial charge in [-0.25, -0.2) is 0 Å². The predicted octanol–water partition coefficient (Wildman–Crippen LogP) is 1.05. The molecule has 0 spiro atoms. The van der Waals surface area contributed by atoms with Crippen LogP contribution in [0.4, 0.5) is 0 Å². The Morgan fingerprint density at radius 3 is 2.65 bits per heavy atom. The number of hydrogen-bond donors (Lipinski definition) is 2. The van der Waals surface area contributed by atoms with Gasteiger partial charge in [-0.15, -0.1) is 0 Å². The van der Waals surface area contributed by atoms with Gasteiger partial charge in [-0.1, -0.05) is 0 Å². The van der Waals surface area contributed by atoms with Gasteiger partial charge in [0.25, 0.3) is 0 Å². The monoisotopic (exact) mass is 240 g/mol. The van der Waals surface area contributed by atoms with Crippen LogP contribution >= 0.6 is 0 Å². The van der Waals surface area contributed by atoms with Crippen LogP contribution in [-0.2, 0) is 9.53 Å². The van der Waals surface area contributed by atoms with E-state index < -0.39 is 0 Å². The molecule has 0 bridgehead atoms. The van der Waals surface area contributed by atoms with E-state index in [1.54, 1.807) is 0 Å². The summed E-state index contributed by atoms with van der Waals surface area (Å²) in [5, 5.41) is 3.08. The summed E-state index contributed by atoms with van der Waals surface area (Å²) in [5.74, 6) is 0.887. The molecule has 0 aromatic rings. The van der Waals surface area contributed by atoms with Crippen molar-refractivity contribution in [3.05, 3.63) is 0 Å². The Morgan fingerprint density at radius 1 is 1.24 bits per heavy atom. The Labute approximate surface area is 103 Å². The minimum atomic E-state index is 0.0783.